The van der Waals surface area contributed by atoms with E-state index < -0.39 is 11.9 Å². The number of ether oxygens (including phenoxy) is 2. The minimum Gasteiger partial charge on any atom is -0.508 e. The van der Waals surface area contributed by atoms with Crippen LogP contribution in [-0.4, -0.2) is 29.2 Å². The van der Waals surface area contributed by atoms with E-state index in [4.69, 9.17) is 9.47 Å². The zero-order chi connectivity index (χ0) is 20.8. The zero-order valence-electron chi connectivity index (χ0n) is 15.6. The molecule has 0 saturated heterocycles. The van der Waals surface area contributed by atoms with Crippen LogP contribution in [0.15, 0.2) is 66.7 Å². The van der Waals surface area contributed by atoms with Crippen LogP contribution in [-0.2, 0) is 6.61 Å². The maximum absolute atomic E-state index is 12.4. The van der Waals surface area contributed by atoms with Gasteiger partial charge in [0.25, 0.3) is 5.91 Å². The van der Waals surface area contributed by atoms with Crippen molar-refractivity contribution < 1.29 is 29.3 Å². The van der Waals surface area contributed by atoms with Gasteiger partial charge in [-0.1, -0.05) is 24.3 Å². The lowest BCUT2D eigenvalue weighted by Crippen LogP contribution is -2.14. The molecule has 0 heterocycles. The smallest absolute Gasteiger partial charge is 0.337 e. The number of hydrogen-bond acceptors (Lipinski definition) is 5. The highest BCUT2D eigenvalue weighted by atomic mass is 16.5. The maximum atomic E-state index is 12.4. The summed E-state index contributed by atoms with van der Waals surface area (Å²) < 4.78 is 11.0. The predicted octanol–water partition coefficient (Wildman–Crippen LogP) is 3.93. The third kappa shape index (κ3) is 4.84. The van der Waals surface area contributed by atoms with Crippen LogP contribution < -0.4 is 14.8 Å². The number of phenols is 1. The van der Waals surface area contributed by atoms with E-state index in [1.165, 1.54) is 12.1 Å². The van der Waals surface area contributed by atoms with Crippen molar-refractivity contribution in [2.45, 2.75) is 6.61 Å². The summed E-state index contributed by atoms with van der Waals surface area (Å²) >= 11 is 0. The average molecular weight is 393 g/mol. The summed E-state index contributed by atoms with van der Waals surface area (Å²) in [5.74, 6) is -0.660. The average Bonchev–Trinajstić information content (AvgIpc) is 2.73. The minimum atomic E-state index is -1.25. The Morgan fingerprint density at radius 3 is 2.31 bits per heavy atom. The molecule has 3 aromatic rings. The molecule has 148 valence electrons. The normalized spacial score (nSPS) is 10.2. The Labute approximate surface area is 167 Å². The number of phenolic OH excluding ortho intramolecular Hbond substituents is 1. The van der Waals surface area contributed by atoms with E-state index in [1.807, 2.05) is 12.1 Å². The number of hydrogen-bond donors (Lipinski definition) is 3. The lowest BCUT2D eigenvalue weighted by molar-refractivity contribution is 0.0697. The Morgan fingerprint density at radius 2 is 1.66 bits per heavy atom. The van der Waals surface area contributed by atoms with Gasteiger partial charge in [0.1, 0.15) is 12.4 Å². The van der Waals surface area contributed by atoms with Crippen molar-refractivity contribution in [1.82, 2.24) is 0 Å². The summed E-state index contributed by atoms with van der Waals surface area (Å²) in [6.07, 6.45) is 0. The molecule has 0 bridgehead atoms. The van der Waals surface area contributed by atoms with Crippen LogP contribution in [0.3, 0.4) is 0 Å². The number of aromatic hydroxyl groups is 1. The molecule has 0 fully saturated rings. The number of carbonyl (C=O) groups is 2. The Morgan fingerprint density at radius 1 is 0.966 bits per heavy atom. The zero-order valence-corrected chi connectivity index (χ0v) is 15.6. The first-order chi connectivity index (χ1) is 14.0. The first-order valence-corrected chi connectivity index (χ1v) is 8.70. The van der Waals surface area contributed by atoms with E-state index in [1.54, 1.807) is 43.5 Å². The monoisotopic (exact) mass is 393 g/mol. The van der Waals surface area contributed by atoms with Gasteiger partial charge in [0.05, 0.1) is 18.4 Å². The van der Waals surface area contributed by atoms with Gasteiger partial charge in [-0.25, -0.2) is 4.79 Å². The van der Waals surface area contributed by atoms with Crippen molar-refractivity contribution in [3.63, 3.8) is 0 Å². The molecule has 1 amide bonds. The highest BCUT2D eigenvalue weighted by molar-refractivity contribution is 6.07. The van der Waals surface area contributed by atoms with Crippen LogP contribution in [0.4, 0.5) is 5.69 Å². The third-order valence-electron chi connectivity index (χ3n) is 4.16. The van der Waals surface area contributed by atoms with Gasteiger partial charge in [-0.05, 0) is 48.0 Å². The highest BCUT2D eigenvalue weighted by Gasteiger charge is 2.14. The molecule has 0 spiro atoms. The van der Waals surface area contributed by atoms with Gasteiger partial charge >= 0.3 is 5.97 Å². The number of aromatic carboxylic acids is 1. The molecule has 29 heavy (non-hydrogen) atoms. The number of rotatable bonds is 7. The van der Waals surface area contributed by atoms with Crippen molar-refractivity contribution >= 4 is 17.6 Å². The fraction of sp³-hybridized carbons (Fsp3) is 0.0909. The molecule has 0 saturated carbocycles. The van der Waals surface area contributed by atoms with Gasteiger partial charge in [-0.3, -0.25) is 4.79 Å². The van der Waals surface area contributed by atoms with E-state index in [-0.39, 0.29) is 17.0 Å². The molecule has 0 aromatic heterocycles. The predicted molar refractivity (Wildman–Crippen MR) is 107 cm³/mol. The van der Waals surface area contributed by atoms with E-state index in [0.717, 1.165) is 11.6 Å². The SMILES string of the molecule is COc1ccccc1OCc1ccc(C(=O)Nc2ccc(O)cc2C(=O)O)cc1. The van der Waals surface area contributed by atoms with Crippen molar-refractivity contribution in [2.24, 2.45) is 0 Å². The fourth-order valence-corrected chi connectivity index (χ4v) is 2.66. The maximum Gasteiger partial charge on any atom is 0.337 e. The number of para-hydroxylation sites is 2. The number of benzene rings is 3. The molecule has 7 heteroatoms. The van der Waals surface area contributed by atoms with Crippen molar-refractivity contribution in [1.29, 1.82) is 0 Å². The van der Waals surface area contributed by atoms with E-state index in [9.17, 15) is 19.8 Å². The molecule has 0 radical (unpaired) electrons. The number of methoxy groups -OCH3 is 1. The summed E-state index contributed by atoms with van der Waals surface area (Å²) in [6.45, 7) is 0.295. The van der Waals surface area contributed by atoms with Crippen LogP contribution in [0.1, 0.15) is 26.3 Å². The number of nitrogens with one attached hydrogen (secondary N) is 1. The molecular formula is C22H19NO6. The summed E-state index contributed by atoms with van der Waals surface area (Å²) in [5.41, 5.74) is 1.11. The molecule has 3 rings (SSSR count). The lowest BCUT2D eigenvalue weighted by atomic mass is 10.1. The van der Waals surface area contributed by atoms with Gasteiger partial charge in [0, 0.05) is 5.56 Å². The van der Waals surface area contributed by atoms with Crippen LogP contribution in [0, 0.1) is 0 Å². The summed E-state index contributed by atoms with van der Waals surface area (Å²) in [5, 5.41) is 21.2. The highest BCUT2D eigenvalue weighted by Crippen LogP contribution is 2.27. The molecular weight excluding hydrogens is 374 g/mol. The van der Waals surface area contributed by atoms with Crippen LogP contribution in [0.5, 0.6) is 17.2 Å². The Bertz CT molecular complexity index is 1030. The van der Waals surface area contributed by atoms with Crippen LogP contribution in [0.25, 0.3) is 0 Å². The molecule has 3 N–H and O–H groups in total. The Hall–Kier alpha value is -4.00. The number of anilines is 1. The van der Waals surface area contributed by atoms with Crippen LogP contribution >= 0.6 is 0 Å². The van der Waals surface area contributed by atoms with Crippen molar-refractivity contribution in [3.8, 4) is 17.2 Å². The summed E-state index contributed by atoms with van der Waals surface area (Å²) in [4.78, 5) is 23.7. The first-order valence-electron chi connectivity index (χ1n) is 8.70. The number of carbonyl (C=O) groups excluding carboxylic acids is 1. The lowest BCUT2D eigenvalue weighted by Gasteiger charge is -2.11. The van der Waals surface area contributed by atoms with E-state index in [0.29, 0.717) is 23.7 Å². The number of carboxylic acid groups (broad SMARTS) is 1. The second kappa shape index (κ2) is 8.79. The first kappa shape index (κ1) is 19.8. The van der Waals surface area contributed by atoms with Gasteiger partial charge < -0.3 is 25.0 Å². The number of carboxylic acids is 1. The van der Waals surface area contributed by atoms with Crippen LogP contribution in [0.2, 0.25) is 0 Å². The van der Waals surface area contributed by atoms with Gasteiger partial charge in [-0.2, -0.15) is 0 Å². The van der Waals surface area contributed by atoms with Crippen molar-refractivity contribution in [3.05, 3.63) is 83.4 Å². The standard InChI is InChI=1S/C22H19NO6/c1-28-19-4-2-3-5-20(19)29-13-14-6-8-15(9-7-14)21(25)23-18-11-10-16(24)12-17(18)22(26)27/h2-12,24H,13H2,1H3,(H,23,25)(H,26,27). The quantitative estimate of drug-likeness (QED) is 0.525. The Balaban J connectivity index is 1.67. The molecule has 0 aliphatic rings. The molecule has 0 aliphatic heterocycles. The summed E-state index contributed by atoms with van der Waals surface area (Å²) in [7, 11) is 1.57. The second-order valence-electron chi connectivity index (χ2n) is 6.13. The molecule has 7 nitrogen and oxygen atoms in total. The van der Waals surface area contributed by atoms with Crippen molar-refractivity contribution in [2.75, 3.05) is 12.4 Å². The largest absolute Gasteiger partial charge is 0.508 e. The van der Waals surface area contributed by atoms with E-state index in [2.05, 4.69) is 5.32 Å². The fourth-order valence-electron chi connectivity index (χ4n) is 2.66. The third-order valence-corrected chi connectivity index (χ3v) is 4.16. The molecule has 0 atom stereocenters. The molecule has 0 aliphatic carbocycles. The van der Waals surface area contributed by atoms with E-state index >= 15 is 0 Å². The minimum absolute atomic E-state index is 0.101. The topological polar surface area (TPSA) is 105 Å². The molecule has 3 aromatic carbocycles. The number of amides is 1. The summed E-state index contributed by atoms with van der Waals surface area (Å²) in [6, 6.07) is 17.8. The second-order valence-corrected chi connectivity index (χ2v) is 6.13. The Kier molecular flexibility index (Phi) is 5.99. The van der Waals surface area contributed by atoms with Gasteiger partial charge in [0.15, 0.2) is 11.5 Å². The van der Waals surface area contributed by atoms with Gasteiger partial charge in [0.2, 0.25) is 0 Å². The van der Waals surface area contributed by atoms with Gasteiger partial charge in [-0.15, -0.1) is 0 Å². The molecule has 0 unspecified atom stereocenters.